The third-order valence-electron chi connectivity index (χ3n) is 5.04. The van der Waals surface area contributed by atoms with Crippen molar-refractivity contribution in [1.29, 1.82) is 0 Å². The number of ether oxygens (including phenoxy) is 1. The third-order valence-corrected chi connectivity index (χ3v) is 5.86. The maximum Gasteiger partial charge on any atom is 0.262 e. The van der Waals surface area contributed by atoms with Crippen molar-refractivity contribution in [3.8, 4) is 28.5 Å². The number of benzene rings is 3. The van der Waals surface area contributed by atoms with Crippen LogP contribution in [0.5, 0.6) is 17.2 Å². The van der Waals surface area contributed by atoms with Crippen LogP contribution in [-0.4, -0.2) is 33.6 Å². The number of carbonyl (C=O) groups is 1. The molecule has 3 N–H and O–H groups in total. The van der Waals surface area contributed by atoms with E-state index in [-0.39, 0.29) is 34.5 Å². The summed E-state index contributed by atoms with van der Waals surface area (Å²) in [6.07, 6.45) is 1.43. The van der Waals surface area contributed by atoms with Crippen LogP contribution in [0.1, 0.15) is 5.56 Å². The fourth-order valence-corrected chi connectivity index (χ4v) is 4.20. The maximum atomic E-state index is 14.3. The molecule has 0 radical (unpaired) electrons. The second kappa shape index (κ2) is 9.03. The lowest BCUT2D eigenvalue weighted by Gasteiger charge is -2.18. The van der Waals surface area contributed by atoms with Crippen LogP contribution >= 0.6 is 11.3 Å². The van der Waals surface area contributed by atoms with Gasteiger partial charge in [-0.3, -0.25) is 4.79 Å². The summed E-state index contributed by atoms with van der Waals surface area (Å²) in [6, 6.07) is 12.5. The van der Waals surface area contributed by atoms with E-state index in [0.29, 0.717) is 28.3 Å². The fourth-order valence-electron chi connectivity index (χ4n) is 3.35. The van der Waals surface area contributed by atoms with Gasteiger partial charge in [-0.05, 0) is 54.1 Å². The summed E-state index contributed by atoms with van der Waals surface area (Å²) in [6.45, 7) is -0.0686. The van der Waals surface area contributed by atoms with E-state index in [2.05, 4.69) is 15.4 Å². The summed E-state index contributed by atoms with van der Waals surface area (Å²) in [5.74, 6) is -1.88. The summed E-state index contributed by atoms with van der Waals surface area (Å²) < 4.78 is 34.5. The molecule has 8 nitrogen and oxygen atoms in total. The minimum absolute atomic E-state index is 0.0686. The van der Waals surface area contributed by atoms with Gasteiger partial charge in [-0.1, -0.05) is 0 Å². The number of hydrogen-bond acceptors (Lipinski definition) is 7. The Morgan fingerprint density at radius 1 is 1.06 bits per heavy atom. The molecule has 1 amide bonds. The van der Waals surface area contributed by atoms with Crippen molar-refractivity contribution in [3.63, 3.8) is 0 Å². The number of aromatic hydroxyl groups is 2. The SMILES string of the molecule is O=C1COc2ccc(-c3csc(=Nc4ccc(F)cc4F)n3N=Cc3ccc(O)c(O)c3)cc2N1. The van der Waals surface area contributed by atoms with Gasteiger partial charge in [-0.15, -0.1) is 11.3 Å². The summed E-state index contributed by atoms with van der Waals surface area (Å²) in [5.41, 5.74) is 2.13. The number of hydrogen-bond donors (Lipinski definition) is 3. The lowest BCUT2D eigenvalue weighted by Crippen LogP contribution is -2.25. The molecule has 5 rings (SSSR count). The number of rotatable bonds is 4. The van der Waals surface area contributed by atoms with Crippen LogP contribution in [0.4, 0.5) is 20.2 Å². The van der Waals surface area contributed by atoms with Gasteiger partial charge < -0.3 is 20.3 Å². The summed E-state index contributed by atoms with van der Waals surface area (Å²) in [5, 5.41) is 28.3. The standard InChI is InChI=1S/C24H16F2N4O4S/c25-15-3-4-17(16(26)9-15)29-24-30(27-10-13-1-5-20(31)21(32)7-13)19(12-35-24)14-2-6-22-18(8-14)28-23(33)11-34-22/h1-10,12,31-32H,11H2,(H,28,33). The van der Waals surface area contributed by atoms with Gasteiger partial charge in [0.25, 0.3) is 5.91 Å². The molecule has 4 aromatic rings. The Morgan fingerprint density at radius 3 is 2.71 bits per heavy atom. The van der Waals surface area contributed by atoms with E-state index >= 15 is 0 Å². The molecule has 176 valence electrons. The summed E-state index contributed by atoms with van der Waals surface area (Å²) >= 11 is 1.17. The highest BCUT2D eigenvalue weighted by Crippen LogP contribution is 2.33. The highest BCUT2D eigenvalue weighted by Gasteiger charge is 2.18. The number of nitrogens with zero attached hydrogens (tertiary/aromatic N) is 3. The Balaban J connectivity index is 1.64. The van der Waals surface area contributed by atoms with Crippen LogP contribution in [0, 0.1) is 11.6 Å². The van der Waals surface area contributed by atoms with Crippen molar-refractivity contribution >= 4 is 34.8 Å². The van der Waals surface area contributed by atoms with Crippen LogP contribution in [0.3, 0.4) is 0 Å². The largest absolute Gasteiger partial charge is 0.504 e. The molecule has 0 spiro atoms. The number of nitrogens with one attached hydrogen (secondary N) is 1. The Morgan fingerprint density at radius 2 is 1.91 bits per heavy atom. The lowest BCUT2D eigenvalue weighted by atomic mass is 10.1. The zero-order valence-electron chi connectivity index (χ0n) is 17.8. The number of fused-ring (bicyclic) bond motifs is 1. The number of phenolic OH excluding ortho intramolecular Hbond substituents is 2. The number of aromatic nitrogens is 1. The first-order valence-corrected chi connectivity index (χ1v) is 11.1. The van der Waals surface area contributed by atoms with Crippen LogP contribution in [-0.2, 0) is 4.79 Å². The van der Waals surface area contributed by atoms with Gasteiger partial charge >= 0.3 is 0 Å². The van der Waals surface area contributed by atoms with E-state index in [9.17, 15) is 23.8 Å². The van der Waals surface area contributed by atoms with Crippen LogP contribution in [0.25, 0.3) is 11.3 Å². The molecule has 0 bridgehead atoms. The van der Waals surface area contributed by atoms with E-state index in [0.717, 1.165) is 12.1 Å². The highest BCUT2D eigenvalue weighted by atomic mass is 32.1. The number of thiazole rings is 1. The number of anilines is 1. The fraction of sp³-hybridized carbons (Fsp3) is 0.0417. The molecule has 2 heterocycles. The molecule has 0 saturated heterocycles. The molecule has 0 atom stereocenters. The number of amides is 1. The molecule has 0 aliphatic carbocycles. The molecule has 35 heavy (non-hydrogen) atoms. The van der Waals surface area contributed by atoms with Gasteiger partial charge in [-0.25, -0.2) is 18.4 Å². The van der Waals surface area contributed by atoms with E-state index in [4.69, 9.17) is 4.74 Å². The second-order valence-corrected chi connectivity index (χ2v) is 8.30. The normalized spacial score (nSPS) is 13.5. The molecule has 11 heteroatoms. The third kappa shape index (κ3) is 4.62. The number of carbonyl (C=O) groups excluding carboxylic acids is 1. The maximum absolute atomic E-state index is 14.3. The van der Waals surface area contributed by atoms with E-state index in [1.165, 1.54) is 40.4 Å². The monoisotopic (exact) mass is 494 g/mol. The van der Waals surface area contributed by atoms with Crippen molar-refractivity contribution < 1.29 is 28.5 Å². The predicted octanol–water partition coefficient (Wildman–Crippen LogP) is 4.35. The van der Waals surface area contributed by atoms with Crippen molar-refractivity contribution in [2.24, 2.45) is 10.1 Å². The summed E-state index contributed by atoms with van der Waals surface area (Å²) in [7, 11) is 0. The molecule has 0 unspecified atom stereocenters. The first-order chi connectivity index (χ1) is 16.9. The first-order valence-electron chi connectivity index (χ1n) is 10.2. The highest BCUT2D eigenvalue weighted by molar-refractivity contribution is 7.07. The van der Waals surface area contributed by atoms with Crippen molar-refractivity contribution in [1.82, 2.24) is 4.68 Å². The molecule has 1 aromatic heterocycles. The van der Waals surface area contributed by atoms with E-state index in [1.807, 2.05) is 0 Å². The molecule has 0 saturated carbocycles. The topological polar surface area (TPSA) is 108 Å². The van der Waals surface area contributed by atoms with Crippen molar-refractivity contribution in [3.05, 3.63) is 82.0 Å². The molecular weight excluding hydrogens is 478 g/mol. The van der Waals surface area contributed by atoms with Gasteiger partial charge in [0.05, 0.1) is 17.6 Å². The molecule has 0 fully saturated rings. The molecule has 3 aromatic carbocycles. The molecular formula is C24H16F2N4O4S. The Hall–Kier alpha value is -4.51. The number of phenols is 2. The average molecular weight is 494 g/mol. The van der Waals surface area contributed by atoms with Gasteiger partial charge in [0.1, 0.15) is 17.3 Å². The minimum Gasteiger partial charge on any atom is -0.504 e. The Bertz CT molecular complexity index is 1560. The Labute approximate surface area is 200 Å². The number of halogens is 2. The zero-order chi connectivity index (χ0) is 24.5. The summed E-state index contributed by atoms with van der Waals surface area (Å²) in [4.78, 5) is 16.3. The Kier molecular flexibility index (Phi) is 5.75. The van der Waals surface area contributed by atoms with Gasteiger partial charge in [0, 0.05) is 17.0 Å². The van der Waals surface area contributed by atoms with Crippen LogP contribution in [0.2, 0.25) is 0 Å². The van der Waals surface area contributed by atoms with Gasteiger partial charge in [-0.2, -0.15) is 5.10 Å². The van der Waals surface area contributed by atoms with Gasteiger partial charge in [0.15, 0.2) is 23.9 Å². The van der Waals surface area contributed by atoms with Crippen LogP contribution < -0.4 is 14.9 Å². The predicted molar refractivity (Wildman–Crippen MR) is 126 cm³/mol. The zero-order valence-corrected chi connectivity index (χ0v) is 18.6. The van der Waals surface area contributed by atoms with Gasteiger partial charge in [0.2, 0.25) is 4.80 Å². The van der Waals surface area contributed by atoms with Crippen LogP contribution in [0.15, 0.2) is 70.1 Å². The van der Waals surface area contributed by atoms with Crippen molar-refractivity contribution in [2.45, 2.75) is 0 Å². The van der Waals surface area contributed by atoms with Crippen molar-refractivity contribution in [2.75, 3.05) is 11.9 Å². The smallest absolute Gasteiger partial charge is 0.262 e. The molecule has 1 aliphatic rings. The average Bonchev–Trinajstić information content (AvgIpc) is 3.23. The molecule has 1 aliphatic heterocycles. The van der Waals surface area contributed by atoms with E-state index < -0.39 is 11.6 Å². The minimum atomic E-state index is -0.826. The van der Waals surface area contributed by atoms with E-state index in [1.54, 1.807) is 29.6 Å². The lowest BCUT2D eigenvalue weighted by molar-refractivity contribution is -0.118. The first kappa shape index (κ1) is 22.3. The second-order valence-electron chi connectivity index (χ2n) is 7.46. The quantitative estimate of drug-likeness (QED) is 0.290.